The van der Waals surface area contributed by atoms with E-state index in [-0.39, 0.29) is 0 Å². The van der Waals surface area contributed by atoms with Crippen LogP contribution in [0.1, 0.15) is 30.9 Å². The molecule has 0 aliphatic rings. The first-order valence-electron chi connectivity index (χ1n) is 6.32. The summed E-state index contributed by atoms with van der Waals surface area (Å²) < 4.78 is 5.35. The molecule has 90 valence electrons. The number of aryl methyl sites for hydroxylation is 2. The Morgan fingerprint density at radius 1 is 1.12 bits per heavy atom. The second-order valence-electron chi connectivity index (χ2n) is 4.55. The lowest BCUT2D eigenvalue weighted by molar-refractivity contribution is 0.412. The van der Waals surface area contributed by atoms with Gasteiger partial charge in [-0.3, -0.25) is 0 Å². The average molecular weight is 228 g/mol. The van der Waals surface area contributed by atoms with Crippen molar-refractivity contribution in [1.29, 1.82) is 0 Å². The van der Waals surface area contributed by atoms with Crippen LogP contribution in [0.2, 0.25) is 0 Å². The SMILES string of the molecule is CCCCc1ccc2c(C)c(OC)ccc2c1. The van der Waals surface area contributed by atoms with E-state index in [1.54, 1.807) is 7.11 Å². The molecule has 0 saturated heterocycles. The van der Waals surface area contributed by atoms with Crippen molar-refractivity contribution in [2.24, 2.45) is 0 Å². The predicted molar refractivity (Wildman–Crippen MR) is 73.8 cm³/mol. The fraction of sp³-hybridized carbons (Fsp3) is 0.375. The van der Waals surface area contributed by atoms with Crippen molar-refractivity contribution in [3.8, 4) is 5.75 Å². The highest BCUT2D eigenvalue weighted by Crippen LogP contribution is 2.27. The Balaban J connectivity index is 2.42. The van der Waals surface area contributed by atoms with Crippen LogP contribution in [0, 0.1) is 6.92 Å². The molecule has 0 aromatic heterocycles. The van der Waals surface area contributed by atoms with E-state index in [9.17, 15) is 0 Å². The summed E-state index contributed by atoms with van der Waals surface area (Å²) in [6.07, 6.45) is 3.69. The molecule has 17 heavy (non-hydrogen) atoms. The van der Waals surface area contributed by atoms with E-state index in [1.165, 1.54) is 41.2 Å². The largest absolute Gasteiger partial charge is 0.496 e. The number of fused-ring (bicyclic) bond motifs is 1. The third kappa shape index (κ3) is 2.44. The van der Waals surface area contributed by atoms with E-state index in [0.29, 0.717) is 0 Å². The Hall–Kier alpha value is -1.50. The van der Waals surface area contributed by atoms with Crippen LogP contribution < -0.4 is 4.74 Å². The van der Waals surface area contributed by atoms with Gasteiger partial charge in [-0.2, -0.15) is 0 Å². The van der Waals surface area contributed by atoms with Crippen molar-refractivity contribution < 1.29 is 4.74 Å². The number of methoxy groups -OCH3 is 1. The highest BCUT2D eigenvalue weighted by molar-refractivity contribution is 5.88. The van der Waals surface area contributed by atoms with Gasteiger partial charge in [-0.15, -0.1) is 0 Å². The lowest BCUT2D eigenvalue weighted by atomic mass is 10.00. The van der Waals surface area contributed by atoms with Gasteiger partial charge in [-0.1, -0.05) is 37.6 Å². The summed E-state index contributed by atoms with van der Waals surface area (Å²) >= 11 is 0. The van der Waals surface area contributed by atoms with Crippen LogP contribution in [0.4, 0.5) is 0 Å². The summed E-state index contributed by atoms with van der Waals surface area (Å²) in [7, 11) is 1.73. The van der Waals surface area contributed by atoms with Gasteiger partial charge in [0, 0.05) is 0 Å². The summed E-state index contributed by atoms with van der Waals surface area (Å²) in [6.45, 7) is 4.35. The lowest BCUT2D eigenvalue weighted by Gasteiger charge is -2.09. The summed E-state index contributed by atoms with van der Waals surface area (Å²) in [4.78, 5) is 0. The Kier molecular flexibility index (Phi) is 3.68. The van der Waals surface area contributed by atoms with E-state index >= 15 is 0 Å². The standard InChI is InChI=1S/C16H20O/c1-4-5-6-13-7-9-15-12(2)16(17-3)10-8-14(15)11-13/h7-11H,4-6H2,1-3H3. The summed E-state index contributed by atoms with van der Waals surface area (Å²) in [5.41, 5.74) is 2.66. The van der Waals surface area contributed by atoms with Crippen molar-refractivity contribution in [3.05, 3.63) is 41.5 Å². The fourth-order valence-corrected chi connectivity index (χ4v) is 2.27. The maximum absolute atomic E-state index is 5.35. The zero-order chi connectivity index (χ0) is 12.3. The molecule has 0 saturated carbocycles. The molecule has 0 unspecified atom stereocenters. The average Bonchev–Trinajstić information content (AvgIpc) is 2.37. The molecular formula is C16H20O. The normalized spacial score (nSPS) is 10.8. The molecule has 1 heteroatoms. The van der Waals surface area contributed by atoms with Crippen molar-refractivity contribution in [2.75, 3.05) is 7.11 Å². The van der Waals surface area contributed by atoms with E-state index < -0.39 is 0 Å². The zero-order valence-corrected chi connectivity index (χ0v) is 10.9. The van der Waals surface area contributed by atoms with Crippen molar-refractivity contribution in [1.82, 2.24) is 0 Å². The molecule has 0 aliphatic heterocycles. The van der Waals surface area contributed by atoms with Gasteiger partial charge in [-0.25, -0.2) is 0 Å². The smallest absolute Gasteiger partial charge is 0.122 e. The van der Waals surface area contributed by atoms with Gasteiger partial charge in [0.15, 0.2) is 0 Å². The number of ether oxygens (including phenoxy) is 1. The van der Waals surface area contributed by atoms with Crippen LogP contribution in [-0.2, 0) is 6.42 Å². The minimum absolute atomic E-state index is 0.971. The maximum atomic E-state index is 5.35. The molecular weight excluding hydrogens is 208 g/mol. The van der Waals surface area contributed by atoms with Gasteiger partial charge in [0.2, 0.25) is 0 Å². The lowest BCUT2D eigenvalue weighted by Crippen LogP contribution is -1.90. The first-order chi connectivity index (χ1) is 8.26. The van der Waals surface area contributed by atoms with Gasteiger partial charge in [0.05, 0.1) is 7.11 Å². The third-order valence-corrected chi connectivity index (χ3v) is 3.34. The highest BCUT2D eigenvalue weighted by Gasteiger charge is 2.04. The number of hydrogen-bond acceptors (Lipinski definition) is 1. The first kappa shape index (κ1) is 12.0. The van der Waals surface area contributed by atoms with Crippen LogP contribution in [0.15, 0.2) is 30.3 Å². The number of unbranched alkanes of at least 4 members (excludes halogenated alkanes) is 1. The van der Waals surface area contributed by atoms with Crippen molar-refractivity contribution in [2.45, 2.75) is 33.1 Å². The van der Waals surface area contributed by atoms with Crippen LogP contribution in [-0.4, -0.2) is 7.11 Å². The Labute approximate surface area is 103 Å². The summed E-state index contributed by atoms with van der Waals surface area (Å²) in [5.74, 6) is 0.971. The van der Waals surface area contributed by atoms with E-state index in [1.807, 2.05) is 0 Å². The number of benzene rings is 2. The van der Waals surface area contributed by atoms with Crippen LogP contribution in [0.25, 0.3) is 10.8 Å². The molecule has 1 nitrogen and oxygen atoms in total. The molecule has 0 N–H and O–H groups in total. The zero-order valence-electron chi connectivity index (χ0n) is 10.9. The molecule has 0 atom stereocenters. The topological polar surface area (TPSA) is 9.23 Å². The third-order valence-electron chi connectivity index (χ3n) is 3.34. The van der Waals surface area contributed by atoms with Gasteiger partial charge in [-0.05, 0) is 47.7 Å². The van der Waals surface area contributed by atoms with Crippen LogP contribution in [0.3, 0.4) is 0 Å². The summed E-state index contributed by atoms with van der Waals surface area (Å²) in [6, 6.07) is 11.0. The number of rotatable bonds is 4. The molecule has 2 aromatic rings. The molecule has 0 heterocycles. The molecule has 0 amide bonds. The van der Waals surface area contributed by atoms with Gasteiger partial charge in [0.1, 0.15) is 5.75 Å². The molecule has 0 bridgehead atoms. The molecule has 0 spiro atoms. The van der Waals surface area contributed by atoms with Gasteiger partial charge < -0.3 is 4.74 Å². The van der Waals surface area contributed by atoms with Crippen LogP contribution >= 0.6 is 0 Å². The van der Waals surface area contributed by atoms with E-state index in [0.717, 1.165) is 5.75 Å². The monoisotopic (exact) mass is 228 g/mol. The Morgan fingerprint density at radius 2 is 1.94 bits per heavy atom. The van der Waals surface area contributed by atoms with Crippen molar-refractivity contribution >= 4 is 10.8 Å². The van der Waals surface area contributed by atoms with Gasteiger partial charge >= 0.3 is 0 Å². The minimum Gasteiger partial charge on any atom is -0.496 e. The second kappa shape index (κ2) is 5.22. The molecule has 2 rings (SSSR count). The predicted octanol–water partition coefficient (Wildman–Crippen LogP) is 4.50. The van der Waals surface area contributed by atoms with E-state index in [2.05, 4.69) is 44.2 Å². The Bertz CT molecular complexity index is 514. The molecule has 0 fully saturated rings. The highest BCUT2D eigenvalue weighted by atomic mass is 16.5. The molecule has 2 aromatic carbocycles. The van der Waals surface area contributed by atoms with Gasteiger partial charge in [0.25, 0.3) is 0 Å². The van der Waals surface area contributed by atoms with Crippen molar-refractivity contribution in [3.63, 3.8) is 0 Å². The first-order valence-corrected chi connectivity index (χ1v) is 6.32. The van der Waals surface area contributed by atoms with E-state index in [4.69, 9.17) is 4.74 Å². The fourth-order valence-electron chi connectivity index (χ4n) is 2.27. The summed E-state index contributed by atoms with van der Waals surface area (Å²) in [5, 5.41) is 2.61. The minimum atomic E-state index is 0.971. The number of hydrogen-bond donors (Lipinski definition) is 0. The molecule has 0 radical (unpaired) electrons. The van der Waals surface area contributed by atoms with Crippen LogP contribution in [0.5, 0.6) is 5.75 Å². The molecule has 0 aliphatic carbocycles. The maximum Gasteiger partial charge on any atom is 0.122 e. The second-order valence-corrected chi connectivity index (χ2v) is 4.55. The Morgan fingerprint density at radius 3 is 2.65 bits per heavy atom. The quantitative estimate of drug-likeness (QED) is 0.748.